The molecule has 1 aromatic heterocycles. The molecule has 0 fully saturated rings. The van der Waals surface area contributed by atoms with Gasteiger partial charge >= 0.3 is 0 Å². The van der Waals surface area contributed by atoms with Gasteiger partial charge in [0.05, 0.1) is 5.69 Å². The van der Waals surface area contributed by atoms with Gasteiger partial charge < -0.3 is 0 Å². The lowest BCUT2D eigenvalue weighted by molar-refractivity contribution is -0.118. The highest BCUT2D eigenvalue weighted by Gasteiger charge is 2.03. The normalized spacial score (nSPS) is 11.2. The van der Waals surface area contributed by atoms with Gasteiger partial charge in [-0.3, -0.25) is 9.48 Å². The summed E-state index contributed by atoms with van der Waals surface area (Å²) in [7, 11) is 0. The van der Waals surface area contributed by atoms with E-state index in [0.717, 1.165) is 37.9 Å². The van der Waals surface area contributed by atoms with Crippen LogP contribution in [0.2, 0.25) is 0 Å². The van der Waals surface area contributed by atoms with Crippen molar-refractivity contribution in [2.45, 2.75) is 78.7 Å². The van der Waals surface area contributed by atoms with Crippen LogP contribution in [0.25, 0.3) is 0 Å². The Labute approximate surface area is 122 Å². The Bertz CT molecular complexity index is 385. The average molecular weight is 279 g/mol. The average Bonchev–Trinajstić information content (AvgIpc) is 2.84. The van der Waals surface area contributed by atoms with Crippen molar-refractivity contribution < 1.29 is 4.79 Å². The van der Waals surface area contributed by atoms with Crippen LogP contribution in [0.15, 0.2) is 6.20 Å². The van der Waals surface area contributed by atoms with Gasteiger partial charge in [0, 0.05) is 25.6 Å². The number of carbonyl (C=O) groups is 1. The molecule has 0 saturated heterocycles. The number of carbonyl (C=O) groups excluding carboxylic acids is 1. The number of aromatic nitrogens is 3. The predicted molar refractivity (Wildman–Crippen MR) is 81.6 cm³/mol. The second-order valence-electron chi connectivity index (χ2n) is 5.98. The van der Waals surface area contributed by atoms with E-state index in [4.69, 9.17) is 0 Å². The van der Waals surface area contributed by atoms with Crippen LogP contribution in [-0.2, 0) is 17.8 Å². The standard InChI is InChI=1S/C16H29N3O/c1-4-16(20)10-8-6-5-7-9-11-19-13-15(17-18-19)12-14(2)3/h13-14H,4-12H2,1-3H3. The summed E-state index contributed by atoms with van der Waals surface area (Å²) < 4.78 is 1.96. The molecule has 0 aliphatic rings. The van der Waals surface area contributed by atoms with Crippen LogP contribution >= 0.6 is 0 Å². The Kier molecular flexibility index (Phi) is 8.16. The molecular weight excluding hydrogens is 250 g/mol. The minimum Gasteiger partial charge on any atom is -0.300 e. The Morgan fingerprint density at radius 1 is 1.20 bits per heavy atom. The molecule has 4 nitrogen and oxygen atoms in total. The second-order valence-corrected chi connectivity index (χ2v) is 5.98. The van der Waals surface area contributed by atoms with Crippen molar-refractivity contribution in [3.05, 3.63) is 11.9 Å². The third-order valence-electron chi connectivity index (χ3n) is 3.44. The third-order valence-corrected chi connectivity index (χ3v) is 3.44. The van der Waals surface area contributed by atoms with Crippen molar-refractivity contribution in [2.24, 2.45) is 5.92 Å². The first-order valence-electron chi connectivity index (χ1n) is 8.02. The molecular formula is C16H29N3O. The van der Waals surface area contributed by atoms with E-state index in [0.29, 0.717) is 18.1 Å². The smallest absolute Gasteiger partial charge is 0.132 e. The fraction of sp³-hybridized carbons (Fsp3) is 0.812. The van der Waals surface area contributed by atoms with Crippen molar-refractivity contribution in [2.75, 3.05) is 0 Å². The first-order chi connectivity index (χ1) is 9.61. The van der Waals surface area contributed by atoms with Crippen molar-refractivity contribution in [3.63, 3.8) is 0 Å². The van der Waals surface area contributed by atoms with Crippen molar-refractivity contribution in [3.8, 4) is 0 Å². The van der Waals surface area contributed by atoms with Gasteiger partial charge in [0.25, 0.3) is 0 Å². The summed E-state index contributed by atoms with van der Waals surface area (Å²) in [5.41, 5.74) is 1.10. The van der Waals surface area contributed by atoms with Gasteiger partial charge in [-0.05, 0) is 25.2 Å². The molecule has 0 spiro atoms. The Morgan fingerprint density at radius 3 is 2.60 bits per heavy atom. The lowest BCUT2D eigenvalue weighted by atomic mass is 10.1. The van der Waals surface area contributed by atoms with Gasteiger partial charge in [-0.2, -0.15) is 0 Å². The highest BCUT2D eigenvalue weighted by atomic mass is 16.1. The third kappa shape index (κ3) is 7.41. The van der Waals surface area contributed by atoms with E-state index in [2.05, 4.69) is 30.4 Å². The summed E-state index contributed by atoms with van der Waals surface area (Å²) in [6.45, 7) is 7.29. The molecule has 0 N–H and O–H groups in total. The highest BCUT2D eigenvalue weighted by molar-refractivity contribution is 5.77. The number of nitrogens with zero attached hydrogens (tertiary/aromatic N) is 3. The van der Waals surface area contributed by atoms with Gasteiger partial charge in [-0.15, -0.1) is 5.10 Å². The van der Waals surface area contributed by atoms with Gasteiger partial charge in [0.2, 0.25) is 0 Å². The molecule has 0 atom stereocenters. The predicted octanol–water partition coefficient (Wildman–Crippen LogP) is 3.80. The molecule has 1 heterocycles. The van der Waals surface area contributed by atoms with Crippen molar-refractivity contribution in [1.29, 1.82) is 0 Å². The van der Waals surface area contributed by atoms with Gasteiger partial charge in [-0.1, -0.05) is 45.2 Å². The van der Waals surface area contributed by atoms with Crippen LogP contribution in [-0.4, -0.2) is 20.8 Å². The number of ketones is 1. The van der Waals surface area contributed by atoms with E-state index in [1.54, 1.807) is 0 Å². The minimum atomic E-state index is 0.394. The first-order valence-corrected chi connectivity index (χ1v) is 8.02. The van der Waals surface area contributed by atoms with Crippen molar-refractivity contribution >= 4 is 5.78 Å². The molecule has 0 unspecified atom stereocenters. The lowest BCUT2D eigenvalue weighted by Gasteiger charge is -2.02. The quantitative estimate of drug-likeness (QED) is 0.579. The Hall–Kier alpha value is -1.19. The lowest BCUT2D eigenvalue weighted by Crippen LogP contribution is -1.99. The Balaban J connectivity index is 2.03. The minimum absolute atomic E-state index is 0.394. The SMILES string of the molecule is CCC(=O)CCCCCCCn1cc(CC(C)C)nn1. The first kappa shape index (κ1) is 16.9. The van der Waals surface area contributed by atoms with Crippen LogP contribution < -0.4 is 0 Å². The number of Topliss-reactive ketones (excluding diaryl/α,β-unsaturated/α-hetero) is 1. The largest absolute Gasteiger partial charge is 0.300 e. The zero-order valence-corrected chi connectivity index (χ0v) is 13.3. The van der Waals surface area contributed by atoms with Crippen LogP contribution in [0.1, 0.15) is 71.4 Å². The number of unbranched alkanes of at least 4 members (excludes halogenated alkanes) is 4. The maximum Gasteiger partial charge on any atom is 0.132 e. The Morgan fingerprint density at radius 2 is 1.90 bits per heavy atom. The molecule has 0 aromatic carbocycles. The number of aryl methyl sites for hydroxylation is 1. The molecule has 114 valence electrons. The van der Waals surface area contributed by atoms with Crippen LogP contribution in [0, 0.1) is 5.92 Å². The summed E-state index contributed by atoms with van der Waals surface area (Å²) in [4.78, 5) is 11.1. The number of hydrogen-bond donors (Lipinski definition) is 0. The fourth-order valence-electron chi connectivity index (χ4n) is 2.26. The molecule has 20 heavy (non-hydrogen) atoms. The van der Waals surface area contributed by atoms with Crippen molar-refractivity contribution in [1.82, 2.24) is 15.0 Å². The maximum absolute atomic E-state index is 11.1. The maximum atomic E-state index is 11.1. The molecule has 1 rings (SSSR count). The van der Waals surface area contributed by atoms with Crippen LogP contribution in [0.5, 0.6) is 0 Å². The summed E-state index contributed by atoms with van der Waals surface area (Å²) in [5.74, 6) is 1.02. The van der Waals surface area contributed by atoms with E-state index in [-0.39, 0.29) is 0 Å². The van der Waals surface area contributed by atoms with Crippen LogP contribution in [0.4, 0.5) is 0 Å². The van der Waals surface area contributed by atoms with E-state index < -0.39 is 0 Å². The molecule has 4 heteroatoms. The van der Waals surface area contributed by atoms with E-state index in [1.807, 2.05) is 11.6 Å². The monoisotopic (exact) mass is 279 g/mol. The molecule has 0 bridgehead atoms. The number of rotatable bonds is 11. The number of hydrogen-bond acceptors (Lipinski definition) is 3. The molecule has 0 saturated carbocycles. The van der Waals surface area contributed by atoms with Gasteiger partial charge in [0.1, 0.15) is 5.78 Å². The summed E-state index contributed by atoms with van der Waals surface area (Å²) in [5, 5.41) is 8.35. The topological polar surface area (TPSA) is 47.8 Å². The second kappa shape index (κ2) is 9.67. The zero-order valence-electron chi connectivity index (χ0n) is 13.3. The fourth-order valence-corrected chi connectivity index (χ4v) is 2.26. The van der Waals surface area contributed by atoms with E-state index in [1.165, 1.54) is 19.3 Å². The zero-order chi connectivity index (χ0) is 14.8. The van der Waals surface area contributed by atoms with Gasteiger partial charge in [-0.25, -0.2) is 0 Å². The molecule has 0 amide bonds. The molecule has 0 radical (unpaired) electrons. The molecule has 0 aliphatic carbocycles. The molecule has 1 aromatic rings. The van der Waals surface area contributed by atoms with E-state index >= 15 is 0 Å². The highest BCUT2D eigenvalue weighted by Crippen LogP contribution is 2.08. The summed E-state index contributed by atoms with van der Waals surface area (Å²) in [6, 6.07) is 0. The molecule has 0 aliphatic heterocycles. The van der Waals surface area contributed by atoms with Crippen LogP contribution in [0.3, 0.4) is 0 Å². The summed E-state index contributed by atoms with van der Waals surface area (Å²) >= 11 is 0. The van der Waals surface area contributed by atoms with Gasteiger partial charge in [0.15, 0.2) is 0 Å². The van der Waals surface area contributed by atoms with E-state index in [9.17, 15) is 4.79 Å². The summed E-state index contributed by atoms with van der Waals surface area (Å²) in [6.07, 6.45) is 10.3.